The molecule has 0 aliphatic carbocycles. The van der Waals surface area contributed by atoms with E-state index in [2.05, 4.69) is 18.6 Å². The third-order valence-corrected chi connectivity index (χ3v) is 1.44. The summed E-state index contributed by atoms with van der Waals surface area (Å²) < 4.78 is 4.51. The number of methoxy groups -OCH3 is 1. The van der Waals surface area contributed by atoms with Gasteiger partial charge in [0, 0.05) is 0 Å². The van der Waals surface area contributed by atoms with E-state index in [-0.39, 0.29) is 11.9 Å². The number of hydrogen-bond acceptors (Lipinski definition) is 2. The first-order valence-electron chi connectivity index (χ1n) is 4.01. The van der Waals surface area contributed by atoms with Gasteiger partial charge >= 0.3 is 42.7 Å². The summed E-state index contributed by atoms with van der Waals surface area (Å²) in [7, 11) is 11.3. The molecule has 0 aliphatic rings. The molecule has 0 aromatic carbocycles. The number of halogens is 2. The molecular formula is C8H15Cl2O2Sn. The van der Waals surface area contributed by atoms with Crippen molar-refractivity contribution < 1.29 is 9.53 Å². The Balaban J connectivity index is 0. The van der Waals surface area contributed by atoms with Gasteiger partial charge in [0.2, 0.25) is 0 Å². The van der Waals surface area contributed by atoms with Crippen molar-refractivity contribution in [2.24, 2.45) is 5.92 Å². The van der Waals surface area contributed by atoms with Crippen LogP contribution in [0.2, 0.25) is 0 Å². The van der Waals surface area contributed by atoms with Crippen molar-refractivity contribution in [3.63, 3.8) is 0 Å². The molecule has 0 heterocycles. The number of carbonyl (C=O) groups is 1. The van der Waals surface area contributed by atoms with E-state index in [1.54, 1.807) is 0 Å². The summed E-state index contributed by atoms with van der Waals surface area (Å²) in [5, 5.41) is 0. The Morgan fingerprint density at radius 1 is 1.62 bits per heavy atom. The van der Waals surface area contributed by atoms with Crippen LogP contribution < -0.4 is 0 Å². The Hall–Kier alpha value is 0.849. The van der Waals surface area contributed by atoms with Crippen LogP contribution in [0.5, 0.6) is 0 Å². The van der Waals surface area contributed by atoms with E-state index < -0.39 is 18.9 Å². The van der Waals surface area contributed by atoms with E-state index in [0.717, 1.165) is 19.3 Å². The van der Waals surface area contributed by atoms with Crippen LogP contribution in [-0.4, -0.2) is 32.0 Å². The summed E-state index contributed by atoms with van der Waals surface area (Å²) in [6, 6.07) is 0. The van der Waals surface area contributed by atoms with Gasteiger partial charge in [0.25, 0.3) is 0 Å². The van der Waals surface area contributed by atoms with Gasteiger partial charge in [-0.1, -0.05) is 19.8 Å². The molecule has 3 radical (unpaired) electrons. The average Bonchev–Trinajstić information content (AvgIpc) is 2.14. The first-order valence-corrected chi connectivity index (χ1v) is 11.2. The molecule has 0 saturated carbocycles. The molecule has 0 saturated heterocycles. The Bertz CT molecular complexity index is 123. The number of ether oxygens (including phenoxy) is 1. The maximum absolute atomic E-state index is 10.7. The molecule has 77 valence electrons. The number of rotatable bonds is 4. The minimum absolute atomic E-state index is 0.176. The van der Waals surface area contributed by atoms with E-state index in [0.29, 0.717) is 0 Å². The fraction of sp³-hybridized carbons (Fsp3) is 0.750. The zero-order valence-corrected chi connectivity index (χ0v) is 12.3. The van der Waals surface area contributed by atoms with Crippen LogP contribution in [0.15, 0.2) is 0 Å². The van der Waals surface area contributed by atoms with Gasteiger partial charge in [-0.05, 0) is 13.3 Å². The third kappa shape index (κ3) is 12.8. The molecule has 0 bridgehead atoms. The van der Waals surface area contributed by atoms with Crippen molar-refractivity contribution in [2.75, 3.05) is 7.11 Å². The minimum atomic E-state index is -0.826. The first-order chi connectivity index (χ1) is 6.13. The second-order valence-electron chi connectivity index (χ2n) is 2.43. The van der Waals surface area contributed by atoms with Crippen molar-refractivity contribution in [3.05, 3.63) is 6.92 Å². The van der Waals surface area contributed by atoms with Crippen LogP contribution in [0.3, 0.4) is 0 Å². The molecule has 1 atom stereocenters. The van der Waals surface area contributed by atoms with Gasteiger partial charge in [-0.25, -0.2) is 0 Å². The monoisotopic (exact) mass is 333 g/mol. The summed E-state index contributed by atoms with van der Waals surface area (Å²) >= 11 is -0.826. The van der Waals surface area contributed by atoms with Gasteiger partial charge in [-0.2, -0.15) is 0 Å². The van der Waals surface area contributed by atoms with E-state index in [4.69, 9.17) is 17.8 Å². The molecule has 0 aliphatic heterocycles. The molecule has 0 fully saturated rings. The van der Waals surface area contributed by atoms with Gasteiger partial charge < -0.3 is 4.74 Å². The molecule has 5 heteroatoms. The molecule has 1 unspecified atom stereocenters. The zero-order chi connectivity index (χ0) is 10.7. The summed E-state index contributed by atoms with van der Waals surface area (Å²) in [4.78, 5) is 10.7. The summed E-state index contributed by atoms with van der Waals surface area (Å²) in [6.07, 6.45) is 2.98. The number of carbonyl (C=O) groups excluding carboxylic acids is 1. The van der Waals surface area contributed by atoms with E-state index in [1.165, 1.54) is 7.11 Å². The van der Waals surface area contributed by atoms with E-state index in [9.17, 15) is 4.79 Å². The number of esters is 1. The van der Waals surface area contributed by atoms with Crippen molar-refractivity contribution in [2.45, 2.75) is 26.2 Å². The van der Waals surface area contributed by atoms with Crippen molar-refractivity contribution in [3.8, 4) is 0 Å². The number of hydrogen-bond donors (Lipinski definition) is 0. The Morgan fingerprint density at radius 2 is 2.08 bits per heavy atom. The summed E-state index contributed by atoms with van der Waals surface area (Å²) in [6.45, 7) is 5.76. The van der Waals surface area contributed by atoms with E-state index >= 15 is 0 Å². The van der Waals surface area contributed by atoms with Gasteiger partial charge in [-0.15, -0.1) is 0 Å². The molecule has 0 aromatic rings. The van der Waals surface area contributed by atoms with Crippen molar-refractivity contribution in [1.82, 2.24) is 0 Å². The van der Waals surface area contributed by atoms with Crippen molar-refractivity contribution in [1.29, 1.82) is 0 Å². The first kappa shape index (κ1) is 16.3. The predicted octanol–water partition coefficient (Wildman–Crippen LogP) is 2.80. The fourth-order valence-electron chi connectivity index (χ4n) is 0.735. The molecule has 0 amide bonds. The van der Waals surface area contributed by atoms with E-state index in [1.807, 2.05) is 0 Å². The predicted molar refractivity (Wildman–Crippen MR) is 57.8 cm³/mol. The Labute approximate surface area is 98.0 Å². The van der Waals surface area contributed by atoms with Crippen LogP contribution in [0, 0.1) is 12.8 Å². The standard InChI is InChI=1S/C8H15O2.2ClH.Sn/c1-4-5-6-7(2)8(9)10-3;;;/h7H,2,4-6H2,1,3H3;2*1H;/q;;;+2/p-2. The zero-order valence-electron chi connectivity index (χ0n) is 7.98. The second-order valence-corrected chi connectivity index (χ2v) is 6.67. The Kier molecular flexibility index (Phi) is 16.1. The molecule has 2 nitrogen and oxygen atoms in total. The van der Waals surface area contributed by atoms with Gasteiger partial charge in [0.05, 0.1) is 13.0 Å². The maximum atomic E-state index is 10.7. The molecule has 0 spiro atoms. The Morgan fingerprint density at radius 3 is 2.38 bits per heavy atom. The third-order valence-electron chi connectivity index (χ3n) is 1.44. The molecule has 0 aromatic heterocycles. The second kappa shape index (κ2) is 12.8. The molecule has 0 rings (SSSR count). The molecule has 0 N–H and O–H groups in total. The normalized spacial score (nSPS) is 11.2. The van der Waals surface area contributed by atoms with Gasteiger partial charge in [-0.3, -0.25) is 4.79 Å². The fourth-order valence-corrected chi connectivity index (χ4v) is 0.735. The molecule has 13 heavy (non-hydrogen) atoms. The molecular weight excluding hydrogens is 318 g/mol. The van der Waals surface area contributed by atoms with Gasteiger partial charge in [0.1, 0.15) is 0 Å². The van der Waals surface area contributed by atoms with Crippen LogP contribution in [0.25, 0.3) is 0 Å². The van der Waals surface area contributed by atoms with Crippen LogP contribution in [-0.2, 0) is 9.53 Å². The quantitative estimate of drug-likeness (QED) is 0.584. The summed E-state index contributed by atoms with van der Waals surface area (Å²) in [5.41, 5.74) is 0. The van der Waals surface area contributed by atoms with Crippen LogP contribution in [0.4, 0.5) is 0 Å². The topological polar surface area (TPSA) is 26.3 Å². The average molecular weight is 333 g/mol. The summed E-state index contributed by atoms with van der Waals surface area (Å²) in [5.74, 6) is -0.376. The SMILES string of the molecule is [CH2]C(CCCC)C(=O)OC.[Cl][Sn][Cl]. The van der Waals surface area contributed by atoms with Crippen LogP contribution in [0.1, 0.15) is 26.2 Å². The van der Waals surface area contributed by atoms with Crippen molar-refractivity contribution >= 4 is 42.7 Å². The van der Waals surface area contributed by atoms with Crippen LogP contribution >= 0.6 is 17.8 Å². The number of unbranched alkanes of at least 4 members (excludes halogenated alkanes) is 1. The van der Waals surface area contributed by atoms with Gasteiger partial charge in [0.15, 0.2) is 0 Å².